The molecule has 0 unspecified atom stereocenters. The molecule has 6 heteroatoms. The molecule has 0 atom stereocenters. The molecule has 0 amide bonds. The van der Waals surface area contributed by atoms with Gasteiger partial charge in [0.2, 0.25) is 0 Å². The van der Waals surface area contributed by atoms with Gasteiger partial charge in [-0.2, -0.15) is 0 Å². The van der Waals surface area contributed by atoms with Gasteiger partial charge in [0.05, 0.1) is 0 Å². The number of nitrogens with zero attached hydrogens (tertiary/aromatic N) is 2. The summed E-state index contributed by atoms with van der Waals surface area (Å²) in [6.45, 7) is 4.67. The highest BCUT2D eigenvalue weighted by Gasteiger charge is 2.11. The van der Waals surface area contributed by atoms with Crippen molar-refractivity contribution in [3.63, 3.8) is 0 Å². The van der Waals surface area contributed by atoms with Crippen LogP contribution in [0, 0.1) is 5.41 Å². The number of nitrogens with two attached hydrogens (primary N) is 1. The Hall–Kier alpha value is -1.95. The van der Waals surface area contributed by atoms with Crippen LogP contribution in [-0.4, -0.2) is 34.0 Å². The van der Waals surface area contributed by atoms with Crippen LogP contribution in [0.2, 0.25) is 0 Å². The van der Waals surface area contributed by atoms with E-state index in [4.69, 9.17) is 23.4 Å². The highest BCUT2D eigenvalue weighted by molar-refractivity contribution is 7.80. The van der Waals surface area contributed by atoms with Gasteiger partial charge in [-0.15, -0.1) is 6.58 Å². The summed E-state index contributed by atoms with van der Waals surface area (Å²) in [6.07, 6.45) is 4.11. The molecule has 0 saturated carbocycles. The average molecular weight is 263 g/mol. The molecular weight excluding hydrogens is 246 g/mol. The van der Waals surface area contributed by atoms with Crippen molar-refractivity contribution in [1.29, 1.82) is 5.41 Å². The molecule has 0 saturated heterocycles. The first-order valence-corrected chi connectivity index (χ1v) is 5.96. The van der Waals surface area contributed by atoms with Gasteiger partial charge in [0.25, 0.3) is 0 Å². The number of aromatic nitrogens is 1. The van der Waals surface area contributed by atoms with Crippen LogP contribution in [0.4, 0.5) is 0 Å². The van der Waals surface area contributed by atoms with E-state index in [9.17, 15) is 0 Å². The molecule has 0 fully saturated rings. The van der Waals surface area contributed by atoms with Gasteiger partial charge < -0.3 is 11.1 Å². The first-order valence-electron chi connectivity index (χ1n) is 5.55. The van der Waals surface area contributed by atoms with Crippen molar-refractivity contribution in [2.24, 2.45) is 5.73 Å². The lowest BCUT2D eigenvalue weighted by Gasteiger charge is -2.23. The molecule has 0 aliphatic rings. The number of hydrogen-bond acceptors (Lipinski definition) is 3. The van der Waals surface area contributed by atoms with E-state index in [1.165, 1.54) is 4.90 Å². The van der Waals surface area contributed by atoms with Crippen LogP contribution in [0.3, 0.4) is 0 Å². The predicted molar refractivity (Wildman–Crippen MR) is 77.4 cm³/mol. The number of thiocarbonyl (C=S) groups is 1. The van der Waals surface area contributed by atoms with Crippen LogP contribution in [0.25, 0.3) is 0 Å². The molecule has 0 aromatic carbocycles. The summed E-state index contributed by atoms with van der Waals surface area (Å²) in [5.74, 6) is -0.0764. The normalized spacial score (nSPS) is 9.56. The van der Waals surface area contributed by atoms with Crippen molar-refractivity contribution in [3.8, 4) is 0 Å². The fraction of sp³-hybridized carbons (Fsp3) is 0.250. The second-order valence-electron chi connectivity index (χ2n) is 3.58. The monoisotopic (exact) mass is 263 g/mol. The summed E-state index contributed by atoms with van der Waals surface area (Å²) in [6, 6.07) is 5.72. The Morgan fingerprint density at radius 3 is 2.94 bits per heavy atom. The van der Waals surface area contributed by atoms with E-state index in [0.29, 0.717) is 24.6 Å². The van der Waals surface area contributed by atoms with Crippen molar-refractivity contribution in [2.75, 3.05) is 13.1 Å². The zero-order valence-corrected chi connectivity index (χ0v) is 10.9. The van der Waals surface area contributed by atoms with Crippen LogP contribution in [0.1, 0.15) is 5.69 Å². The lowest BCUT2D eigenvalue weighted by Crippen LogP contribution is -2.47. The van der Waals surface area contributed by atoms with Gasteiger partial charge >= 0.3 is 0 Å². The number of nitrogens with one attached hydrogen (secondary N) is 2. The Bertz CT molecular complexity index is 418. The molecule has 1 rings (SSSR count). The Morgan fingerprint density at radius 1 is 1.61 bits per heavy atom. The van der Waals surface area contributed by atoms with Crippen LogP contribution in [-0.2, 0) is 6.42 Å². The van der Waals surface area contributed by atoms with Crippen LogP contribution >= 0.6 is 12.2 Å². The van der Waals surface area contributed by atoms with Crippen molar-refractivity contribution >= 4 is 23.3 Å². The van der Waals surface area contributed by atoms with E-state index in [1.54, 1.807) is 12.3 Å². The van der Waals surface area contributed by atoms with Gasteiger partial charge in [-0.25, -0.2) is 0 Å². The van der Waals surface area contributed by atoms with E-state index < -0.39 is 0 Å². The molecule has 0 aliphatic heterocycles. The smallest absolute Gasteiger partial charge is 0.194 e. The fourth-order valence-corrected chi connectivity index (χ4v) is 1.63. The third kappa shape index (κ3) is 4.50. The van der Waals surface area contributed by atoms with E-state index in [-0.39, 0.29) is 5.96 Å². The van der Waals surface area contributed by atoms with Gasteiger partial charge in [-0.05, 0) is 24.4 Å². The Morgan fingerprint density at radius 2 is 2.39 bits per heavy atom. The van der Waals surface area contributed by atoms with Crippen LogP contribution < -0.4 is 11.1 Å². The quantitative estimate of drug-likeness (QED) is 0.318. The van der Waals surface area contributed by atoms with Gasteiger partial charge in [-0.1, -0.05) is 12.1 Å². The first-order chi connectivity index (χ1) is 8.65. The zero-order valence-electron chi connectivity index (χ0n) is 10.1. The topological polar surface area (TPSA) is 78.0 Å². The molecule has 5 nitrogen and oxygen atoms in total. The molecule has 1 aromatic heterocycles. The standard InChI is InChI=1S/C12H17N5S/c1-2-7-16-12(18)17(11(13)14)9-6-10-5-3-4-8-15-10/h2-5,8H,1,6-7,9H2,(H3,13,14)(H,16,18). The van der Waals surface area contributed by atoms with E-state index in [2.05, 4.69) is 16.9 Å². The molecule has 0 bridgehead atoms. The maximum atomic E-state index is 7.51. The van der Waals surface area contributed by atoms with Crippen molar-refractivity contribution in [2.45, 2.75) is 6.42 Å². The van der Waals surface area contributed by atoms with Crippen molar-refractivity contribution in [1.82, 2.24) is 15.2 Å². The maximum absolute atomic E-state index is 7.51. The highest BCUT2D eigenvalue weighted by atomic mass is 32.1. The van der Waals surface area contributed by atoms with Crippen LogP contribution in [0.5, 0.6) is 0 Å². The molecule has 18 heavy (non-hydrogen) atoms. The predicted octanol–water partition coefficient (Wildman–Crippen LogP) is 0.880. The number of rotatable bonds is 5. The highest BCUT2D eigenvalue weighted by Crippen LogP contribution is 1.98. The van der Waals surface area contributed by atoms with Crippen LogP contribution in [0.15, 0.2) is 37.1 Å². The molecule has 0 radical (unpaired) electrons. The minimum absolute atomic E-state index is 0.0764. The third-order valence-corrected chi connectivity index (χ3v) is 2.62. The van der Waals surface area contributed by atoms with Gasteiger partial charge in [0, 0.05) is 31.4 Å². The Balaban J connectivity index is 2.55. The maximum Gasteiger partial charge on any atom is 0.194 e. The lowest BCUT2D eigenvalue weighted by atomic mass is 10.2. The number of hydrogen-bond donors (Lipinski definition) is 3. The third-order valence-electron chi connectivity index (χ3n) is 2.25. The lowest BCUT2D eigenvalue weighted by molar-refractivity contribution is 0.579. The van der Waals surface area contributed by atoms with Crippen molar-refractivity contribution < 1.29 is 0 Å². The Labute approximate surface area is 112 Å². The summed E-state index contributed by atoms with van der Waals surface area (Å²) < 4.78 is 0. The van der Waals surface area contributed by atoms with E-state index in [1.807, 2.05) is 18.2 Å². The summed E-state index contributed by atoms with van der Waals surface area (Å²) in [5, 5.41) is 10.9. The number of pyridine rings is 1. The minimum Gasteiger partial charge on any atom is -0.370 e. The van der Waals surface area contributed by atoms with Gasteiger partial charge in [0.1, 0.15) is 0 Å². The zero-order chi connectivity index (χ0) is 13.4. The Kier molecular flexibility index (Phi) is 5.79. The molecule has 1 heterocycles. The largest absolute Gasteiger partial charge is 0.370 e. The van der Waals surface area contributed by atoms with E-state index in [0.717, 1.165) is 5.69 Å². The van der Waals surface area contributed by atoms with Gasteiger partial charge in [0.15, 0.2) is 11.1 Å². The first kappa shape index (κ1) is 14.1. The van der Waals surface area contributed by atoms with E-state index >= 15 is 0 Å². The SMILES string of the molecule is C=CCNC(=S)N(CCc1ccccn1)C(=N)N. The summed E-state index contributed by atoms with van der Waals surface area (Å²) in [7, 11) is 0. The van der Waals surface area contributed by atoms with Gasteiger partial charge in [-0.3, -0.25) is 15.3 Å². The minimum atomic E-state index is -0.0764. The molecular formula is C12H17N5S. The molecule has 1 aromatic rings. The summed E-state index contributed by atoms with van der Waals surface area (Å²) in [4.78, 5) is 5.75. The molecule has 4 N–H and O–H groups in total. The van der Waals surface area contributed by atoms with Crippen molar-refractivity contribution in [3.05, 3.63) is 42.7 Å². The number of guanidine groups is 1. The summed E-state index contributed by atoms with van der Waals surface area (Å²) >= 11 is 5.16. The second-order valence-corrected chi connectivity index (χ2v) is 3.97. The second kappa shape index (κ2) is 7.39. The molecule has 0 spiro atoms. The molecule has 96 valence electrons. The molecule has 0 aliphatic carbocycles. The fourth-order valence-electron chi connectivity index (χ4n) is 1.36. The average Bonchev–Trinajstić information content (AvgIpc) is 2.37. The summed E-state index contributed by atoms with van der Waals surface area (Å²) in [5.41, 5.74) is 6.45.